The van der Waals surface area contributed by atoms with Gasteiger partial charge in [-0.1, -0.05) is 42.5 Å². The fourth-order valence-electron chi connectivity index (χ4n) is 6.43. The number of rotatable bonds is 12. The minimum absolute atomic E-state index is 0. The number of hydrogen-bond donors (Lipinski definition) is 3. The summed E-state index contributed by atoms with van der Waals surface area (Å²) in [5.74, 6) is -1.64. The maximum Gasteiger partial charge on any atom is 1.00 e. The second-order valence-electron chi connectivity index (χ2n) is 13.0. The average Bonchev–Trinajstić information content (AvgIpc) is 3.22. The summed E-state index contributed by atoms with van der Waals surface area (Å²) in [5.41, 5.74) is 5.45. The Hall–Kier alpha value is -4.01. The summed E-state index contributed by atoms with van der Waals surface area (Å²) in [5, 5.41) is 11.1. The van der Waals surface area contributed by atoms with E-state index in [4.69, 9.17) is 9.47 Å². The van der Waals surface area contributed by atoms with Crippen molar-refractivity contribution >= 4 is 87.1 Å². The van der Waals surface area contributed by atoms with Crippen LogP contribution in [0, 0.1) is 0 Å². The fourth-order valence-corrected chi connectivity index (χ4v) is 8.47. The Labute approximate surface area is 433 Å². The molecule has 0 atom stereocenters. The molecule has 0 saturated heterocycles. The zero-order valence-corrected chi connectivity index (χ0v) is 42.8. The Morgan fingerprint density at radius 1 is 0.547 bits per heavy atom. The Bertz CT molecular complexity index is 3160. The number of Topliss-reactive ketones (excluding diaryl/α,β-unsaturated/α-hetero) is 2. The van der Waals surface area contributed by atoms with E-state index in [1.807, 2.05) is 30.3 Å². The number of nitrogens with one attached hydrogen (secondary N) is 3. The van der Waals surface area contributed by atoms with Gasteiger partial charge < -0.3 is 28.4 Å². The Kier molecular flexibility index (Phi) is 17.3. The molecule has 0 aromatic heterocycles. The van der Waals surface area contributed by atoms with Crippen LogP contribution in [0.15, 0.2) is 129 Å². The molecule has 0 saturated carbocycles. The SMILES string of the molecule is COc1cc(-c2ccc(N/N=C3\C(=O)c4ccc(Nc5ccccc5)cc4C=C3S(=O)(=O)[O-])c(OC)c2)ccc1N/N=C1\C=C(S(=O)(=O)[O-])c2cccc(S(=O)(=O)[O-])c2C1=O.[Na+].[Na+].[Na+]. The van der Waals surface area contributed by atoms with Crippen molar-refractivity contribution in [3.63, 3.8) is 0 Å². The summed E-state index contributed by atoms with van der Waals surface area (Å²) in [6.07, 6.45) is 1.75. The van der Waals surface area contributed by atoms with E-state index < -0.39 is 79.2 Å². The molecule has 7 rings (SSSR count). The monoisotopic (exact) mass is 951 g/mol. The average molecular weight is 952 g/mol. The number of methoxy groups -OCH3 is 2. The molecule has 5 aromatic carbocycles. The molecule has 18 nitrogen and oxygen atoms in total. The molecular formula is C40H28N5Na3O13S3. The number of benzene rings is 5. The van der Waals surface area contributed by atoms with Gasteiger partial charge in [-0.15, -0.1) is 0 Å². The summed E-state index contributed by atoms with van der Waals surface area (Å²) < 4.78 is 120. The van der Waals surface area contributed by atoms with Crippen LogP contribution in [-0.2, 0) is 30.4 Å². The smallest absolute Gasteiger partial charge is 0.744 e. The molecular weight excluding hydrogens is 924 g/mol. The largest absolute Gasteiger partial charge is 1.00 e. The van der Waals surface area contributed by atoms with E-state index in [1.54, 1.807) is 36.4 Å². The topological polar surface area (TPSA) is 285 Å². The molecule has 0 spiro atoms. The van der Waals surface area contributed by atoms with E-state index in [0.717, 1.165) is 30.0 Å². The standard InChI is InChI=1S/C40H31N5O13S3.3Na/c1-57-32-18-22(11-15-29(32)42-44-31-21-35(60(51,52)53)28-9-6-10-34(59(48,49)50)37(28)40(31)47)23-12-16-30(33(19-23)58-2)43-45-38-36(61(54,55)56)20-24-17-26(13-14-27(24)39(38)46)41-25-7-4-3-5-8-25;;;/h3-21,41-43H,1-2H3,(H,48,49,50)(H,51,52,53)(H,54,55,56);;;/q;3*+1/p-3/b44-31+,45-38-;;;. The first-order valence-electron chi connectivity index (χ1n) is 17.4. The fraction of sp³-hybridized carbons (Fsp3) is 0.0500. The van der Waals surface area contributed by atoms with Gasteiger partial charge in [-0.05, 0) is 89.5 Å². The van der Waals surface area contributed by atoms with Crippen LogP contribution in [0.25, 0.3) is 22.1 Å². The van der Waals surface area contributed by atoms with Gasteiger partial charge in [0.2, 0.25) is 11.6 Å². The van der Waals surface area contributed by atoms with E-state index in [2.05, 4.69) is 26.4 Å². The molecule has 2 aliphatic rings. The van der Waals surface area contributed by atoms with Crippen molar-refractivity contribution < 1.29 is 147 Å². The minimum atomic E-state index is -5.29. The van der Waals surface area contributed by atoms with Gasteiger partial charge in [0.15, 0.2) is 0 Å². The zero-order valence-electron chi connectivity index (χ0n) is 34.4. The summed E-state index contributed by atoms with van der Waals surface area (Å²) >= 11 is 0. The van der Waals surface area contributed by atoms with Gasteiger partial charge in [-0.2, -0.15) is 10.2 Å². The van der Waals surface area contributed by atoms with E-state index in [9.17, 15) is 48.5 Å². The van der Waals surface area contributed by atoms with Gasteiger partial charge in [0.1, 0.15) is 53.3 Å². The molecule has 0 bridgehead atoms. The summed E-state index contributed by atoms with van der Waals surface area (Å²) in [4.78, 5) is 24.1. The number of carbonyl (C=O) groups excluding carboxylic acids is 2. The first-order chi connectivity index (χ1) is 28.9. The third-order valence-corrected chi connectivity index (χ3v) is 11.8. The van der Waals surface area contributed by atoms with Crippen LogP contribution in [0.3, 0.4) is 0 Å². The van der Waals surface area contributed by atoms with Gasteiger partial charge in [0, 0.05) is 22.5 Å². The summed E-state index contributed by atoms with van der Waals surface area (Å²) in [7, 11) is -13.1. The second-order valence-corrected chi connectivity index (χ2v) is 17.1. The number of carbonyl (C=O) groups is 2. The van der Waals surface area contributed by atoms with Crippen LogP contribution in [-0.4, -0.2) is 76.1 Å². The quantitative estimate of drug-likeness (QED) is 0.0613. The number of hydrazone groups is 2. The molecule has 312 valence electrons. The third-order valence-electron chi connectivity index (χ3n) is 9.24. The van der Waals surface area contributed by atoms with Crippen LogP contribution in [0.5, 0.6) is 11.5 Å². The van der Waals surface area contributed by atoms with Gasteiger partial charge in [0.05, 0.1) is 45.9 Å². The number of allylic oxidation sites excluding steroid dienone is 2. The van der Waals surface area contributed by atoms with E-state index >= 15 is 0 Å². The number of anilines is 4. The van der Waals surface area contributed by atoms with Crippen LogP contribution >= 0.6 is 0 Å². The van der Waals surface area contributed by atoms with E-state index in [0.29, 0.717) is 22.9 Å². The Morgan fingerprint density at radius 2 is 1.12 bits per heavy atom. The molecule has 2 aliphatic carbocycles. The third kappa shape index (κ3) is 11.3. The first kappa shape index (κ1) is 52.6. The molecule has 64 heavy (non-hydrogen) atoms. The maximum atomic E-state index is 13.6. The summed E-state index contributed by atoms with van der Waals surface area (Å²) in [6.45, 7) is 0. The normalized spacial score (nSPS) is 14.6. The molecule has 24 heteroatoms. The van der Waals surface area contributed by atoms with Gasteiger partial charge in [0.25, 0.3) is 0 Å². The second kappa shape index (κ2) is 21.1. The number of hydrogen-bond acceptors (Lipinski definition) is 18. The van der Waals surface area contributed by atoms with Crippen molar-refractivity contribution in [3.8, 4) is 22.6 Å². The van der Waals surface area contributed by atoms with Crippen molar-refractivity contribution in [2.45, 2.75) is 4.90 Å². The van der Waals surface area contributed by atoms with Crippen LogP contribution in [0.4, 0.5) is 22.7 Å². The predicted molar refractivity (Wildman–Crippen MR) is 222 cm³/mol. The number of fused-ring (bicyclic) bond motifs is 2. The molecule has 5 aromatic rings. The molecule has 0 unspecified atom stereocenters. The van der Waals surface area contributed by atoms with Crippen molar-refractivity contribution in [1.29, 1.82) is 0 Å². The minimum Gasteiger partial charge on any atom is -0.744 e. The molecule has 0 heterocycles. The van der Waals surface area contributed by atoms with Crippen LogP contribution in [0.2, 0.25) is 0 Å². The molecule has 0 amide bonds. The van der Waals surface area contributed by atoms with Gasteiger partial charge in [-0.3, -0.25) is 20.4 Å². The van der Waals surface area contributed by atoms with Crippen LogP contribution < -0.4 is 114 Å². The number of ether oxygens (including phenoxy) is 2. The Balaban J connectivity index is 0.00000299. The summed E-state index contributed by atoms with van der Waals surface area (Å²) in [6, 6.07) is 25.9. The van der Waals surface area contributed by atoms with E-state index in [-0.39, 0.29) is 123 Å². The number of para-hydroxylation sites is 1. The van der Waals surface area contributed by atoms with Crippen molar-refractivity contribution in [2.75, 3.05) is 30.4 Å². The molecule has 0 radical (unpaired) electrons. The molecule has 3 N–H and O–H groups in total. The van der Waals surface area contributed by atoms with Crippen molar-refractivity contribution in [3.05, 3.63) is 136 Å². The first-order valence-corrected chi connectivity index (χ1v) is 21.6. The van der Waals surface area contributed by atoms with Crippen molar-refractivity contribution in [1.82, 2.24) is 0 Å². The number of nitrogens with zero attached hydrogens (tertiary/aromatic N) is 2. The van der Waals surface area contributed by atoms with Gasteiger partial charge >= 0.3 is 88.7 Å². The van der Waals surface area contributed by atoms with E-state index in [1.165, 1.54) is 32.4 Å². The van der Waals surface area contributed by atoms with Crippen molar-refractivity contribution in [2.24, 2.45) is 10.2 Å². The Morgan fingerprint density at radius 3 is 1.67 bits per heavy atom. The molecule has 0 fully saturated rings. The van der Waals surface area contributed by atoms with Crippen LogP contribution in [0.1, 0.15) is 31.8 Å². The zero-order chi connectivity index (χ0) is 43.9. The predicted octanol–water partition coefficient (Wildman–Crippen LogP) is -3.87. The number of ketones is 2. The maximum absolute atomic E-state index is 13.6. The van der Waals surface area contributed by atoms with Gasteiger partial charge in [-0.25, -0.2) is 25.3 Å². The molecule has 0 aliphatic heterocycles.